The molecule has 0 radical (unpaired) electrons. The summed E-state index contributed by atoms with van der Waals surface area (Å²) in [6, 6.07) is 8.34. The van der Waals surface area contributed by atoms with Gasteiger partial charge in [-0.05, 0) is 37.6 Å². The summed E-state index contributed by atoms with van der Waals surface area (Å²) in [7, 11) is -3.72. The Morgan fingerprint density at radius 2 is 2.12 bits per heavy atom. The van der Waals surface area contributed by atoms with Gasteiger partial charge in [-0.2, -0.15) is 4.31 Å². The molecule has 7 nitrogen and oxygen atoms in total. The summed E-state index contributed by atoms with van der Waals surface area (Å²) in [5.41, 5.74) is 0.636. The summed E-state index contributed by atoms with van der Waals surface area (Å²) in [4.78, 5) is 16.1. The van der Waals surface area contributed by atoms with Crippen molar-refractivity contribution in [3.05, 3.63) is 47.1 Å². The number of thiophene rings is 1. The molecule has 0 aliphatic rings. The number of nitrogens with one attached hydrogen (secondary N) is 1. The van der Waals surface area contributed by atoms with Crippen molar-refractivity contribution in [3.63, 3.8) is 0 Å². The van der Waals surface area contributed by atoms with Crippen LogP contribution in [0.3, 0.4) is 0 Å². The fourth-order valence-corrected chi connectivity index (χ4v) is 5.35. The fourth-order valence-electron chi connectivity index (χ4n) is 2.41. The van der Waals surface area contributed by atoms with Crippen LogP contribution in [0.4, 0.5) is 0 Å². The molecule has 2 aromatic rings. The number of nitrogens with zero attached hydrogens (tertiary/aromatic N) is 2. The molecule has 2 rings (SSSR count). The lowest BCUT2D eigenvalue weighted by atomic mass is 10.3. The van der Waals surface area contributed by atoms with Gasteiger partial charge in [0.25, 0.3) is 10.0 Å². The van der Waals surface area contributed by atoms with E-state index >= 15 is 0 Å². The molecule has 2 N–H and O–H groups in total. The third kappa shape index (κ3) is 5.34. The number of aliphatic hydroxyl groups excluding tert-OH is 1. The molecule has 2 heterocycles. The molecule has 0 saturated carbocycles. The van der Waals surface area contributed by atoms with Crippen LogP contribution in [-0.4, -0.2) is 41.9 Å². The van der Waals surface area contributed by atoms with E-state index in [-0.39, 0.29) is 35.9 Å². The first-order valence-electron chi connectivity index (χ1n) is 8.22. The minimum absolute atomic E-state index is 0.0938. The maximum absolute atomic E-state index is 13.0. The largest absolute Gasteiger partial charge is 0.396 e. The van der Waals surface area contributed by atoms with Crippen LogP contribution in [-0.2, 0) is 21.4 Å². The lowest BCUT2D eigenvalue weighted by Gasteiger charge is -2.20. The number of aromatic nitrogens is 1. The minimum Gasteiger partial charge on any atom is -0.396 e. The minimum atomic E-state index is -3.72. The summed E-state index contributed by atoms with van der Waals surface area (Å²) in [6.07, 6.45) is 1.96. The number of sulfonamides is 1. The van der Waals surface area contributed by atoms with E-state index in [1.807, 2.05) is 0 Å². The molecule has 1 amide bonds. The van der Waals surface area contributed by atoms with Gasteiger partial charge < -0.3 is 10.4 Å². The van der Waals surface area contributed by atoms with Gasteiger partial charge in [-0.15, -0.1) is 11.3 Å². The lowest BCUT2D eigenvalue weighted by Crippen LogP contribution is -2.32. The van der Waals surface area contributed by atoms with Crippen LogP contribution >= 0.6 is 11.3 Å². The van der Waals surface area contributed by atoms with Crippen molar-refractivity contribution < 1.29 is 18.3 Å². The molecule has 2 aromatic heterocycles. The first kappa shape index (κ1) is 20.5. The SMILES string of the molecule is CC(=O)NC(C)c1ccc(S(=O)(=O)N(CCCO)Cc2ccccn2)s1. The number of hydrogen-bond donors (Lipinski definition) is 2. The van der Waals surface area contributed by atoms with Crippen molar-refractivity contribution >= 4 is 27.3 Å². The smallest absolute Gasteiger partial charge is 0.252 e. The van der Waals surface area contributed by atoms with Gasteiger partial charge in [-0.3, -0.25) is 9.78 Å². The topological polar surface area (TPSA) is 99.6 Å². The molecule has 0 saturated heterocycles. The third-order valence-electron chi connectivity index (χ3n) is 3.67. The van der Waals surface area contributed by atoms with Gasteiger partial charge in [0, 0.05) is 31.1 Å². The predicted octanol–water partition coefficient (Wildman–Crippen LogP) is 1.91. The Hall–Kier alpha value is -1.81. The van der Waals surface area contributed by atoms with Crippen LogP contribution in [0.1, 0.15) is 36.9 Å². The van der Waals surface area contributed by atoms with E-state index in [1.165, 1.54) is 11.2 Å². The molecule has 0 fully saturated rings. The van der Waals surface area contributed by atoms with Crippen LogP contribution in [0.15, 0.2) is 40.7 Å². The van der Waals surface area contributed by atoms with Gasteiger partial charge >= 0.3 is 0 Å². The average molecular weight is 398 g/mol. The standard InChI is InChI=1S/C17H23N3O4S2/c1-13(19-14(2)22)16-7-8-17(25-16)26(23,24)20(10-5-11-21)12-15-6-3-4-9-18-15/h3-4,6-9,13,21H,5,10-12H2,1-2H3,(H,19,22). The van der Waals surface area contributed by atoms with E-state index in [0.717, 1.165) is 16.2 Å². The highest BCUT2D eigenvalue weighted by molar-refractivity contribution is 7.91. The van der Waals surface area contributed by atoms with E-state index in [1.54, 1.807) is 43.5 Å². The van der Waals surface area contributed by atoms with Crippen molar-refractivity contribution in [1.82, 2.24) is 14.6 Å². The van der Waals surface area contributed by atoms with Gasteiger partial charge in [0.15, 0.2) is 0 Å². The highest BCUT2D eigenvalue weighted by Crippen LogP contribution is 2.29. The molecular formula is C17H23N3O4S2. The Labute approximate surface area is 157 Å². The van der Waals surface area contributed by atoms with Gasteiger partial charge in [-0.1, -0.05) is 6.07 Å². The van der Waals surface area contributed by atoms with E-state index in [2.05, 4.69) is 10.3 Å². The van der Waals surface area contributed by atoms with E-state index in [0.29, 0.717) is 12.1 Å². The summed E-state index contributed by atoms with van der Waals surface area (Å²) in [5.74, 6) is -0.171. The van der Waals surface area contributed by atoms with Gasteiger partial charge in [-0.25, -0.2) is 8.42 Å². The monoisotopic (exact) mass is 397 g/mol. The number of rotatable bonds is 9. The number of aliphatic hydroxyl groups is 1. The maximum Gasteiger partial charge on any atom is 0.252 e. The molecule has 0 spiro atoms. The van der Waals surface area contributed by atoms with Crippen molar-refractivity contribution in [1.29, 1.82) is 0 Å². The molecule has 26 heavy (non-hydrogen) atoms. The molecule has 9 heteroatoms. The van der Waals surface area contributed by atoms with Gasteiger partial charge in [0.2, 0.25) is 5.91 Å². The van der Waals surface area contributed by atoms with Crippen LogP contribution < -0.4 is 5.32 Å². The first-order chi connectivity index (χ1) is 12.3. The normalized spacial score (nSPS) is 12.9. The number of carbonyl (C=O) groups is 1. The Kier molecular flexibility index (Phi) is 7.27. The second-order valence-corrected chi connectivity index (χ2v) is 9.10. The van der Waals surface area contributed by atoms with Crippen molar-refractivity contribution in [2.75, 3.05) is 13.2 Å². The third-order valence-corrected chi connectivity index (χ3v) is 7.25. The molecule has 0 aliphatic heterocycles. The number of hydrogen-bond acceptors (Lipinski definition) is 6. The van der Waals surface area contributed by atoms with Crippen molar-refractivity contribution in [3.8, 4) is 0 Å². The molecular weight excluding hydrogens is 374 g/mol. The molecule has 1 atom stereocenters. The maximum atomic E-state index is 13.0. The highest BCUT2D eigenvalue weighted by Gasteiger charge is 2.27. The van der Waals surface area contributed by atoms with Crippen LogP contribution in [0.2, 0.25) is 0 Å². The molecule has 0 aliphatic carbocycles. The Morgan fingerprint density at radius 1 is 1.35 bits per heavy atom. The first-order valence-corrected chi connectivity index (χ1v) is 10.5. The van der Waals surface area contributed by atoms with Gasteiger partial charge in [0.05, 0.1) is 18.3 Å². The molecule has 0 aromatic carbocycles. The van der Waals surface area contributed by atoms with E-state index in [9.17, 15) is 13.2 Å². The zero-order valence-corrected chi connectivity index (χ0v) is 16.4. The van der Waals surface area contributed by atoms with Crippen LogP contribution in [0, 0.1) is 0 Å². The molecule has 142 valence electrons. The van der Waals surface area contributed by atoms with Crippen molar-refractivity contribution in [2.24, 2.45) is 0 Å². The Bertz CT molecular complexity index is 822. The predicted molar refractivity (Wildman–Crippen MR) is 100 cm³/mol. The quantitative estimate of drug-likeness (QED) is 0.673. The van der Waals surface area contributed by atoms with Crippen molar-refractivity contribution in [2.45, 2.75) is 37.1 Å². The average Bonchev–Trinajstić information content (AvgIpc) is 3.10. The fraction of sp³-hybridized carbons (Fsp3) is 0.412. The summed E-state index contributed by atoms with van der Waals surface area (Å²) in [6.45, 7) is 3.47. The summed E-state index contributed by atoms with van der Waals surface area (Å²) >= 11 is 1.13. The van der Waals surface area contributed by atoms with Crippen LogP contribution in [0.5, 0.6) is 0 Å². The Morgan fingerprint density at radius 3 is 2.73 bits per heavy atom. The Balaban J connectivity index is 2.25. The van der Waals surface area contributed by atoms with E-state index in [4.69, 9.17) is 5.11 Å². The second kappa shape index (κ2) is 9.22. The number of carbonyl (C=O) groups excluding carboxylic acids is 1. The number of amides is 1. The zero-order valence-electron chi connectivity index (χ0n) is 14.8. The zero-order chi connectivity index (χ0) is 19.2. The number of pyridine rings is 1. The summed E-state index contributed by atoms with van der Waals surface area (Å²) in [5, 5.41) is 11.9. The van der Waals surface area contributed by atoms with Crippen LogP contribution in [0.25, 0.3) is 0 Å². The lowest BCUT2D eigenvalue weighted by molar-refractivity contribution is -0.119. The summed E-state index contributed by atoms with van der Waals surface area (Å²) < 4.78 is 27.6. The molecule has 0 bridgehead atoms. The molecule has 1 unspecified atom stereocenters. The van der Waals surface area contributed by atoms with Gasteiger partial charge in [0.1, 0.15) is 4.21 Å². The van der Waals surface area contributed by atoms with E-state index < -0.39 is 10.0 Å². The second-order valence-electron chi connectivity index (χ2n) is 5.82. The highest BCUT2D eigenvalue weighted by atomic mass is 32.2.